The molecular weight excluding hydrogens is 218 g/mol. The number of carbonyl (C=O) groups is 1. The second-order valence-electron chi connectivity index (χ2n) is 3.57. The molecule has 0 aliphatic rings. The van der Waals surface area contributed by atoms with Gasteiger partial charge >= 0.3 is 6.03 Å². The Morgan fingerprint density at radius 1 is 1.12 bits per heavy atom. The third kappa shape index (κ3) is 6.55. The topological polar surface area (TPSA) is 73.4 Å². The van der Waals surface area contributed by atoms with Crippen LogP contribution in [-0.4, -0.2) is 37.4 Å². The second kappa shape index (κ2) is 8.55. The van der Waals surface area contributed by atoms with Gasteiger partial charge in [-0.15, -0.1) is 0 Å². The standard InChI is InChI=1S/C12H19N3O2/c16-10-4-7-13-8-9-14-12(17)15-11-5-2-1-3-6-11/h1-3,5-6,13,16H,4,7-10H2,(H2,14,15,17). The van der Waals surface area contributed by atoms with Gasteiger partial charge in [-0.1, -0.05) is 18.2 Å². The average molecular weight is 237 g/mol. The van der Waals surface area contributed by atoms with E-state index < -0.39 is 0 Å². The summed E-state index contributed by atoms with van der Waals surface area (Å²) in [5.41, 5.74) is 0.776. The van der Waals surface area contributed by atoms with Crippen molar-refractivity contribution in [2.45, 2.75) is 6.42 Å². The van der Waals surface area contributed by atoms with Crippen molar-refractivity contribution in [1.82, 2.24) is 10.6 Å². The molecule has 0 unspecified atom stereocenters. The van der Waals surface area contributed by atoms with E-state index in [1.54, 1.807) is 0 Å². The van der Waals surface area contributed by atoms with Gasteiger partial charge in [-0.2, -0.15) is 0 Å². The molecule has 4 N–H and O–H groups in total. The van der Waals surface area contributed by atoms with Gasteiger partial charge in [0.2, 0.25) is 0 Å². The predicted octanol–water partition coefficient (Wildman–Crippen LogP) is 0.780. The Morgan fingerprint density at radius 2 is 1.88 bits per heavy atom. The van der Waals surface area contributed by atoms with Gasteiger partial charge in [0.1, 0.15) is 0 Å². The number of urea groups is 1. The molecule has 0 saturated carbocycles. The number of amides is 2. The first kappa shape index (κ1) is 13.5. The third-order valence-electron chi connectivity index (χ3n) is 2.13. The Balaban J connectivity index is 2.06. The summed E-state index contributed by atoms with van der Waals surface area (Å²) in [5, 5.41) is 17.1. The fourth-order valence-electron chi connectivity index (χ4n) is 1.29. The maximum atomic E-state index is 11.4. The smallest absolute Gasteiger partial charge is 0.319 e. The van der Waals surface area contributed by atoms with Crippen molar-refractivity contribution >= 4 is 11.7 Å². The molecule has 5 heteroatoms. The summed E-state index contributed by atoms with van der Waals surface area (Å²) >= 11 is 0. The van der Waals surface area contributed by atoms with Crippen molar-refractivity contribution in [3.8, 4) is 0 Å². The molecule has 17 heavy (non-hydrogen) atoms. The Bertz CT molecular complexity index is 317. The van der Waals surface area contributed by atoms with Crippen LogP contribution in [0.4, 0.5) is 10.5 Å². The van der Waals surface area contributed by atoms with E-state index in [-0.39, 0.29) is 12.6 Å². The van der Waals surface area contributed by atoms with Gasteiger partial charge in [0, 0.05) is 25.4 Å². The number of hydrogen-bond acceptors (Lipinski definition) is 3. The largest absolute Gasteiger partial charge is 0.396 e. The molecule has 0 aliphatic heterocycles. The number of para-hydroxylation sites is 1. The molecule has 0 fully saturated rings. The number of rotatable bonds is 7. The molecular formula is C12H19N3O2. The highest BCUT2D eigenvalue weighted by atomic mass is 16.3. The molecule has 2 amide bonds. The van der Waals surface area contributed by atoms with Gasteiger partial charge in [0.25, 0.3) is 0 Å². The number of aliphatic hydroxyl groups excluding tert-OH is 1. The first-order valence-electron chi connectivity index (χ1n) is 5.74. The van der Waals surface area contributed by atoms with Crippen molar-refractivity contribution in [1.29, 1.82) is 0 Å². The summed E-state index contributed by atoms with van der Waals surface area (Å²) in [6.07, 6.45) is 0.732. The van der Waals surface area contributed by atoms with Crippen LogP contribution in [0.3, 0.4) is 0 Å². The van der Waals surface area contributed by atoms with Crippen LogP contribution in [-0.2, 0) is 0 Å². The molecule has 5 nitrogen and oxygen atoms in total. The van der Waals surface area contributed by atoms with Gasteiger partial charge in [0.05, 0.1) is 0 Å². The Morgan fingerprint density at radius 3 is 2.59 bits per heavy atom. The molecule has 0 bridgehead atoms. The molecule has 0 aliphatic carbocycles. The normalized spacial score (nSPS) is 9.94. The van der Waals surface area contributed by atoms with Crippen LogP contribution >= 0.6 is 0 Å². The molecule has 1 rings (SSSR count). The molecule has 0 atom stereocenters. The van der Waals surface area contributed by atoms with Crippen molar-refractivity contribution in [2.24, 2.45) is 0 Å². The van der Waals surface area contributed by atoms with Gasteiger partial charge in [-0.05, 0) is 25.1 Å². The Kier molecular flexibility index (Phi) is 6.78. The summed E-state index contributed by atoms with van der Waals surface area (Å²) < 4.78 is 0. The highest BCUT2D eigenvalue weighted by Crippen LogP contribution is 2.03. The monoisotopic (exact) mass is 237 g/mol. The van der Waals surface area contributed by atoms with E-state index in [9.17, 15) is 4.79 Å². The second-order valence-corrected chi connectivity index (χ2v) is 3.57. The third-order valence-corrected chi connectivity index (χ3v) is 2.13. The number of aliphatic hydroxyl groups is 1. The van der Waals surface area contributed by atoms with Crippen LogP contribution in [0.2, 0.25) is 0 Å². The van der Waals surface area contributed by atoms with Crippen LogP contribution in [0.15, 0.2) is 30.3 Å². The maximum Gasteiger partial charge on any atom is 0.319 e. The lowest BCUT2D eigenvalue weighted by atomic mass is 10.3. The van der Waals surface area contributed by atoms with Gasteiger partial charge in [-0.3, -0.25) is 0 Å². The van der Waals surface area contributed by atoms with E-state index in [0.717, 1.165) is 18.7 Å². The van der Waals surface area contributed by atoms with Crippen LogP contribution in [0, 0.1) is 0 Å². The number of nitrogens with one attached hydrogen (secondary N) is 3. The van der Waals surface area contributed by atoms with Crippen molar-refractivity contribution in [2.75, 3.05) is 31.6 Å². The lowest BCUT2D eigenvalue weighted by molar-refractivity contribution is 0.252. The summed E-state index contributed by atoms with van der Waals surface area (Å²) in [7, 11) is 0. The summed E-state index contributed by atoms with van der Waals surface area (Å²) in [6.45, 7) is 2.21. The minimum absolute atomic E-state index is 0.189. The Labute approximate surface area is 101 Å². The number of anilines is 1. The van der Waals surface area contributed by atoms with Gasteiger partial charge < -0.3 is 21.1 Å². The lowest BCUT2D eigenvalue weighted by Crippen LogP contribution is -2.35. The zero-order valence-electron chi connectivity index (χ0n) is 9.78. The minimum Gasteiger partial charge on any atom is -0.396 e. The fraction of sp³-hybridized carbons (Fsp3) is 0.417. The van der Waals surface area contributed by atoms with E-state index in [1.807, 2.05) is 30.3 Å². The highest BCUT2D eigenvalue weighted by molar-refractivity contribution is 5.89. The van der Waals surface area contributed by atoms with Gasteiger partial charge in [0.15, 0.2) is 0 Å². The van der Waals surface area contributed by atoms with Crippen LogP contribution in [0.25, 0.3) is 0 Å². The quantitative estimate of drug-likeness (QED) is 0.529. The zero-order valence-corrected chi connectivity index (χ0v) is 9.78. The fourth-order valence-corrected chi connectivity index (χ4v) is 1.29. The van der Waals surface area contributed by atoms with Gasteiger partial charge in [-0.25, -0.2) is 4.79 Å². The Hall–Kier alpha value is -1.59. The van der Waals surface area contributed by atoms with E-state index in [2.05, 4.69) is 16.0 Å². The van der Waals surface area contributed by atoms with E-state index >= 15 is 0 Å². The summed E-state index contributed by atoms with van der Waals surface area (Å²) in [5.74, 6) is 0. The average Bonchev–Trinajstić information content (AvgIpc) is 2.35. The van der Waals surface area contributed by atoms with E-state index in [1.165, 1.54) is 0 Å². The van der Waals surface area contributed by atoms with Crippen LogP contribution < -0.4 is 16.0 Å². The predicted molar refractivity (Wildman–Crippen MR) is 68.0 cm³/mol. The summed E-state index contributed by atoms with van der Waals surface area (Å²) in [6, 6.07) is 9.09. The number of hydrogen-bond donors (Lipinski definition) is 4. The van der Waals surface area contributed by atoms with Crippen molar-refractivity contribution in [3.63, 3.8) is 0 Å². The summed E-state index contributed by atoms with van der Waals surface area (Å²) in [4.78, 5) is 11.4. The van der Waals surface area contributed by atoms with Crippen LogP contribution in [0.1, 0.15) is 6.42 Å². The van der Waals surface area contributed by atoms with E-state index in [0.29, 0.717) is 13.1 Å². The van der Waals surface area contributed by atoms with Crippen LogP contribution in [0.5, 0.6) is 0 Å². The molecule has 0 heterocycles. The molecule has 94 valence electrons. The first-order valence-corrected chi connectivity index (χ1v) is 5.74. The number of carbonyl (C=O) groups excluding carboxylic acids is 1. The first-order chi connectivity index (χ1) is 8.33. The van der Waals surface area contributed by atoms with Crippen molar-refractivity contribution in [3.05, 3.63) is 30.3 Å². The molecule has 0 saturated heterocycles. The molecule has 1 aromatic rings. The van der Waals surface area contributed by atoms with E-state index in [4.69, 9.17) is 5.11 Å². The molecule has 0 aromatic heterocycles. The zero-order chi connectivity index (χ0) is 12.3. The molecule has 0 radical (unpaired) electrons. The molecule has 1 aromatic carbocycles. The molecule has 0 spiro atoms. The van der Waals surface area contributed by atoms with Crippen molar-refractivity contribution < 1.29 is 9.90 Å². The SMILES string of the molecule is O=C(NCCNCCCO)Nc1ccccc1. The maximum absolute atomic E-state index is 11.4. The number of benzene rings is 1. The highest BCUT2D eigenvalue weighted by Gasteiger charge is 1.98. The minimum atomic E-state index is -0.208. The lowest BCUT2D eigenvalue weighted by Gasteiger charge is -2.08.